The molecule has 0 spiro atoms. The molecule has 0 saturated heterocycles. The van der Waals surface area contributed by atoms with Crippen molar-refractivity contribution in [3.8, 4) is 11.1 Å². The van der Waals surface area contributed by atoms with E-state index in [1.165, 1.54) is 33.6 Å². The Hall–Kier alpha value is -1.08. The molecule has 0 amide bonds. The van der Waals surface area contributed by atoms with Crippen molar-refractivity contribution >= 4 is 11.4 Å². The molecular formula is C17H20N2Zr. The molecule has 0 aliphatic heterocycles. The van der Waals surface area contributed by atoms with Gasteiger partial charge in [-0.15, -0.1) is 0 Å². The van der Waals surface area contributed by atoms with E-state index in [2.05, 4.69) is 60.9 Å². The Bertz CT molecular complexity index is 554. The van der Waals surface area contributed by atoms with Gasteiger partial charge in [0.15, 0.2) is 0 Å². The average molecular weight is 344 g/mol. The molecule has 0 aromatic heterocycles. The third kappa shape index (κ3) is 2.83. The molecule has 3 heteroatoms. The van der Waals surface area contributed by atoms with Crippen molar-refractivity contribution in [1.29, 1.82) is 0 Å². The summed E-state index contributed by atoms with van der Waals surface area (Å²) in [6.45, 7) is 6.20. The van der Waals surface area contributed by atoms with Gasteiger partial charge >= 0.3 is 0 Å². The number of nitrogens with one attached hydrogen (secondary N) is 2. The van der Waals surface area contributed by atoms with E-state index in [-0.39, 0.29) is 26.2 Å². The molecule has 0 fully saturated rings. The molecule has 102 valence electrons. The van der Waals surface area contributed by atoms with Crippen molar-refractivity contribution in [3.05, 3.63) is 47.5 Å². The van der Waals surface area contributed by atoms with Crippen LogP contribution in [0, 0.1) is 0 Å². The summed E-state index contributed by atoms with van der Waals surface area (Å²) in [5.74, 6) is 0. The first kappa shape index (κ1) is 15.3. The molecule has 2 N–H and O–H groups in total. The van der Waals surface area contributed by atoms with Gasteiger partial charge in [0.1, 0.15) is 0 Å². The smallest absolute Gasteiger partial charge is 0.0343 e. The molecule has 0 radical (unpaired) electrons. The Kier molecular flexibility index (Phi) is 5.04. The quantitative estimate of drug-likeness (QED) is 0.744. The van der Waals surface area contributed by atoms with Crippen LogP contribution in [-0.2, 0) is 32.6 Å². The maximum Gasteiger partial charge on any atom is 0.0343 e. The number of fused-ring (bicyclic) bond motifs is 3. The van der Waals surface area contributed by atoms with Crippen LogP contribution in [0.3, 0.4) is 0 Å². The van der Waals surface area contributed by atoms with E-state index in [1.807, 2.05) is 0 Å². The van der Waals surface area contributed by atoms with Crippen LogP contribution in [0.1, 0.15) is 25.0 Å². The van der Waals surface area contributed by atoms with Crippen LogP contribution < -0.4 is 10.6 Å². The molecule has 20 heavy (non-hydrogen) atoms. The van der Waals surface area contributed by atoms with Gasteiger partial charge in [0.05, 0.1) is 0 Å². The van der Waals surface area contributed by atoms with E-state index < -0.39 is 0 Å². The molecule has 2 nitrogen and oxygen atoms in total. The molecular weight excluding hydrogens is 323 g/mol. The SMILES string of the molecule is CCNc1ccc2c(c1)Cc1cc(NCC)ccc1-2.[Zr]. The number of hydrogen-bond donors (Lipinski definition) is 2. The summed E-state index contributed by atoms with van der Waals surface area (Å²) in [6.07, 6.45) is 1.04. The normalized spacial score (nSPS) is 11.3. The zero-order chi connectivity index (χ0) is 13.2. The Labute approximate surface area is 140 Å². The number of rotatable bonds is 4. The first-order valence-corrected chi connectivity index (χ1v) is 7.05. The van der Waals surface area contributed by atoms with Gasteiger partial charge in [0.25, 0.3) is 0 Å². The van der Waals surface area contributed by atoms with Crippen molar-refractivity contribution in [3.63, 3.8) is 0 Å². The van der Waals surface area contributed by atoms with Crippen LogP contribution >= 0.6 is 0 Å². The van der Waals surface area contributed by atoms with E-state index in [0.717, 1.165) is 19.5 Å². The van der Waals surface area contributed by atoms with Gasteiger partial charge in [0, 0.05) is 50.7 Å². The second kappa shape index (κ2) is 6.58. The van der Waals surface area contributed by atoms with Crippen molar-refractivity contribution < 1.29 is 26.2 Å². The van der Waals surface area contributed by atoms with Crippen molar-refractivity contribution in [2.45, 2.75) is 20.3 Å². The molecule has 3 rings (SSSR count). The summed E-state index contributed by atoms with van der Waals surface area (Å²) in [5, 5.41) is 6.77. The first-order valence-electron chi connectivity index (χ1n) is 7.05. The second-order valence-electron chi connectivity index (χ2n) is 4.98. The largest absolute Gasteiger partial charge is 0.385 e. The standard InChI is InChI=1S/C17H20N2.Zr/c1-3-18-14-5-7-16-12(10-14)9-13-11-15(19-4-2)6-8-17(13)16;/h5-8,10-11,18-19H,3-4,9H2,1-2H3;. The average Bonchev–Trinajstić information content (AvgIpc) is 2.76. The Balaban J connectivity index is 0.00000147. The number of hydrogen-bond acceptors (Lipinski definition) is 2. The zero-order valence-corrected chi connectivity index (χ0v) is 14.5. The maximum atomic E-state index is 3.38. The summed E-state index contributed by atoms with van der Waals surface area (Å²) in [6, 6.07) is 13.4. The molecule has 0 atom stereocenters. The number of benzene rings is 2. The van der Waals surface area contributed by atoms with Crippen LogP contribution in [0.2, 0.25) is 0 Å². The fourth-order valence-electron chi connectivity index (χ4n) is 2.84. The summed E-state index contributed by atoms with van der Waals surface area (Å²) in [7, 11) is 0. The van der Waals surface area contributed by atoms with E-state index in [1.54, 1.807) is 0 Å². The second-order valence-corrected chi connectivity index (χ2v) is 4.98. The van der Waals surface area contributed by atoms with Crippen LogP contribution in [0.15, 0.2) is 36.4 Å². The third-order valence-corrected chi connectivity index (χ3v) is 3.64. The van der Waals surface area contributed by atoms with Crippen molar-refractivity contribution in [2.75, 3.05) is 23.7 Å². The fourth-order valence-corrected chi connectivity index (χ4v) is 2.84. The van der Waals surface area contributed by atoms with Gasteiger partial charge in [0.2, 0.25) is 0 Å². The molecule has 2 aromatic carbocycles. The van der Waals surface area contributed by atoms with E-state index in [9.17, 15) is 0 Å². The first-order chi connectivity index (χ1) is 9.31. The molecule has 0 saturated carbocycles. The molecule has 0 unspecified atom stereocenters. The fraction of sp³-hybridized carbons (Fsp3) is 0.294. The predicted molar refractivity (Wildman–Crippen MR) is 83.0 cm³/mol. The zero-order valence-electron chi connectivity index (χ0n) is 12.1. The van der Waals surface area contributed by atoms with Gasteiger partial charge in [-0.2, -0.15) is 0 Å². The van der Waals surface area contributed by atoms with Gasteiger partial charge < -0.3 is 10.6 Å². The number of anilines is 2. The molecule has 0 heterocycles. The summed E-state index contributed by atoms with van der Waals surface area (Å²) in [4.78, 5) is 0. The minimum atomic E-state index is 0. The maximum absolute atomic E-state index is 3.38. The third-order valence-electron chi connectivity index (χ3n) is 3.64. The monoisotopic (exact) mass is 342 g/mol. The van der Waals surface area contributed by atoms with E-state index in [0.29, 0.717) is 0 Å². The predicted octanol–water partition coefficient (Wildman–Crippen LogP) is 4.12. The topological polar surface area (TPSA) is 24.1 Å². The molecule has 1 aliphatic rings. The Morgan fingerprint density at radius 3 is 1.65 bits per heavy atom. The van der Waals surface area contributed by atoms with Gasteiger partial charge in [-0.05, 0) is 66.8 Å². The van der Waals surface area contributed by atoms with Crippen LogP contribution in [0.25, 0.3) is 11.1 Å². The Morgan fingerprint density at radius 1 is 0.800 bits per heavy atom. The summed E-state index contributed by atoms with van der Waals surface area (Å²) < 4.78 is 0. The molecule has 0 bridgehead atoms. The summed E-state index contributed by atoms with van der Waals surface area (Å²) in [5.41, 5.74) is 8.09. The van der Waals surface area contributed by atoms with Crippen molar-refractivity contribution in [1.82, 2.24) is 0 Å². The van der Waals surface area contributed by atoms with Crippen LogP contribution in [0.4, 0.5) is 11.4 Å². The van der Waals surface area contributed by atoms with Gasteiger partial charge in [-0.3, -0.25) is 0 Å². The van der Waals surface area contributed by atoms with Gasteiger partial charge in [-0.1, -0.05) is 12.1 Å². The van der Waals surface area contributed by atoms with Gasteiger partial charge in [-0.25, -0.2) is 0 Å². The Morgan fingerprint density at radius 2 is 1.25 bits per heavy atom. The van der Waals surface area contributed by atoms with E-state index >= 15 is 0 Å². The van der Waals surface area contributed by atoms with E-state index in [4.69, 9.17) is 0 Å². The molecule has 2 aromatic rings. The minimum absolute atomic E-state index is 0. The summed E-state index contributed by atoms with van der Waals surface area (Å²) >= 11 is 0. The van der Waals surface area contributed by atoms with Crippen molar-refractivity contribution in [2.24, 2.45) is 0 Å². The molecule has 1 aliphatic carbocycles. The minimum Gasteiger partial charge on any atom is -0.385 e. The van der Waals surface area contributed by atoms with Crippen LogP contribution in [0.5, 0.6) is 0 Å². The van der Waals surface area contributed by atoms with Crippen LogP contribution in [-0.4, -0.2) is 13.1 Å².